The zero-order valence-electron chi connectivity index (χ0n) is 10.6. The first-order valence-electron chi connectivity index (χ1n) is 6.22. The Balaban J connectivity index is 1.88. The maximum Gasteiger partial charge on any atom is 0.325 e. The molecular weight excluding hydrogens is 280 g/mol. The highest BCUT2D eigenvalue weighted by atomic mass is 32.2. The van der Waals surface area contributed by atoms with Crippen LogP contribution >= 0.6 is 11.8 Å². The highest BCUT2D eigenvalue weighted by Gasteiger charge is 2.19. The minimum atomic E-state index is -0.983. The molecule has 0 spiro atoms. The van der Waals surface area contributed by atoms with Gasteiger partial charge in [0.15, 0.2) is 0 Å². The van der Waals surface area contributed by atoms with Crippen LogP contribution in [0.15, 0.2) is 16.5 Å². The second-order valence-corrected chi connectivity index (χ2v) is 5.38. The Morgan fingerprint density at radius 2 is 2.20 bits per heavy atom. The fourth-order valence-corrected chi connectivity index (χ4v) is 3.06. The van der Waals surface area contributed by atoms with Crippen molar-refractivity contribution in [2.45, 2.75) is 42.4 Å². The third-order valence-corrected chi connectivity index (χ3v) is 4.08. The van der Waals surface area contributed by atoms with Crippen LogP contribution in [0.5, 0.6) is 0 Å². The fraction of sp³-hybridized carbons (Fsp3) is 0.455. The molecule has 8 nitrogen and oxygen atoms in total. The van der Waals surface area contributed by atoms with Crippen LogP contribution in [0.2, 0.25) is 0 Å². The molecule has 0 radical (unpaired) electrons. The number of fused-ring (bicyclic) bond motifs is 1. The molecule has 0 aliphatic heterocycles. The summed E-state index contributed by atoms with van der Waals surface area (Å²) in [7, 11) is 0. The van der Waals surface area contributed by atoms with Crippen molar-refractivity contribution in [1.82, 2.24) is 30.2 Å². The molecule has 2 aromatic rings. The molecule has 0 amide bonds. The lowest BCUT2D eigenvalue weighted by Gasteiger charge is -2.16. The van der Waals surface area contributed by atoms with E-state index in [0.717, 1.165) is 42.0 Å². The molecule has 0 saturated heterocycles. The van der Waals surface area contributed by atoms with Crippen LogP contribution in [0.1, 0.15) is 24.1 Å². The quantitative estimate of drug-likeness (QED) is 0.815. The number of aromatic nitrogens is 6. The topological polar surface area (TPSA) is 107 Å². The molecule has 20 heavy (non-hydrogen) atoms. The zero-order chi connectivity index (χ0) is 13.9. The number of rotatable bonds is 4. The maximum atomic E-state index is 10.8. The minimum Gasteiger partial charge on any atom is -0.480 e. The SMILES string of the molecule is O=C(O)Cn1nnnc1Sc1ncnc2c1CCCC2. The molecule has 0 saturated carbocycles. The molecule has 1 N–H and O–H groups in total. The smallest absolute Gasteiger partial charge is 0.325 e. The van der Waals surface area contributed by atoms with E-state index >= 15 is 0 Å². The van der Waals surface area contributed by atoms with Gasteiger partial charge in [-0.25, -0.2) is 14.6 Å². The van der Waals surface area contributed by atoms with E-state index in [0.29, 0.717) is 5.16 Å². The van der Waals surface area contributed by atoms with Gasteiger partial charge in [-0.3, -0.25) is 4.79 Å². The molecule has 0 atom stereocenters. The Bertz CT molecular complexity index is 644. The third kappa shape index (κ3) is 2.62. The number of carboxylic acids is 1. The summed E-state index contributed by atoms with van der Waals surface area (Å²) in [6.45, 7) is -0.261. The second-order valence-electron chi connectivity index (χ2n) is 4.43. The summed E-state index contributed by atoms with van der Waals surface area (Å²) in [6, 6.07) is 0. The van der Waals surface area contributed by atoms with E-state index in [2.05, 4.69) is 25.5 Å². The number of hydrogen-bond acceptors (Lipinski definition) is 7. The van der Waals surface area contributed by atoms with Crippen LogP contribution in [0, 0.1) is 0 Å². The molecule has 0 aromatic carbocycles. The summed E-state index contributed by atoms with van der Waals surface area (Å²) < 4.78 is 1.25. The van der Waals surface area contributed by atoms with Crippen LogP contribution in [0.25, 0.3) is 0 Å². The van der Waals surface area contributed by atoms with E-state index in [1.54, 1.807) is 0 Å². The number of carboxylic acid groups (broad SMARTS) is 1. The Hall–Kier alpha value is -2.03. The lowest BCUT2D eigenvalue weighted by atomic mass is 9.98. The van der Waals surface area contributed by atoms with E-state index in [4.69, 9.17) is 5.11 Å². The number of hydrogen-bond donors (Lipinski definition) is 1. The Kier molecular flexibility index (Phi) is 3.59. The van der Waals surface area contributed by atoms with Crippen molar-refractivity contribution in [1.29, 1.82) is 0 Å². The summed E-state index contributed by atoms with van der Waals surface area (Å²) >= 11 is 1.29. The Labute approximate surface area is 118 Å². The first kappa shape index (κ1) is 13.0. The molecule has 9 heteroatoms. The summed E-state index contributed by atoms with van der Waals surface area (Å²) in [5.74, 6) is -0.983. The molecule has 104 valence electrons. The Morgan fingerprint density at radius 3 is 3.05 bits per heavy atom. The van der Waals surface area contributed by atoms with Gasteiger partial charge >= 0.3 is 5.97 Å². The van der Waals surface area contributed by atoms with Gasteiger partial charge in [-0.1, -0.05) is 0 Å². The van der Waals surface area contributed by atoms with Gasteiger partial charge in [-0.15, -0.1) is 5.10 Å². The van der Waals surface area contributed by atoms with Crippen molar-refractivity contribution in [3.63, 3.8) is 0 Å². The molecule has 1 aliphatic rings. The summed E-state index contributed by atoms with van der Waals surface area (Å²) in [4.78, 5) is 19.3. The van der Waals surface area contributed by atoms with E-state index in [9.17, 15) is 4.79 Å². The van der Waals surface area contributed by atoms with Crippen LogP contribution in [0.4, 0.5) is 0 Å². The monoisotopic (exact) mass is 292 g/mol. The van der Waals surface area contributed by atoms with Crippen molar-refractivity contribution in [2.24, 2.45) is 0 Å². The molecule has 2 aromatic heterocycles. The maximum absolute atomic E-state index is 10.8. The van der Waals surface area contributed by atoms with Crippen molar-refractivity contribution >= 4 is 17.7 Å². The summed E-state index contributed by atoms with van der Waals surface area (Å²) in [6.07, 6.45) is 5.71. The van der Waals surface area contributed by atoms with Gasteiger partial charge in [-0.05, 0) is 47.9 Å². The van der Waals surface area contributed by atoms with Gasteiger partial charge in [0.1, 0.15) is 17.9 Å². The van der Waals surface area contributed by atoms with Crippen LogP contribution in [-0.2, 0) is 24.2 Å². The highest BCUT2D eigenvalue weighted by molar-refractivity contribution is 7.99. The first-order chi connectivity index (χ1) is 9.74. The average molecular weight is 292 g/mol. The van der Waals surface area contributed by atoms with Gasteiger partial charge in [-0.2, -0.15) is 0 Å². The van der Waals surface area contributed by atoms with Crippen molar-refractivity contribution < 1.29 is 9.90 Å². The highest BCUT2D eigenvalue weighted by Crippen LogP contribution is 2.31. The van der Waals surface area contributed by atoms with Crippen molar-refractivity contribution in [3.05, 3.63) is 17.6 Å². The predicted octanol–water partition coefficient (Wildman–Crippen LogP) is 0.578. The molecule has 2 heterocycles. The van der Waals surface area contributed by atoms with Crippen LogP contribution in [-0.4, -0.2) is 41.3 Å². The first-order valence-corrected chi connectivity index (χ1v) is 7.04. The summed E-state index contributed by atoms with van der Waals surface area (Å²) in [5, 5.41) is 21.1. The van der Waals surface area contributed by atoms with E-state index in [-0.39, 0.29) is 6.54 Å². The largest absolute Gasteiger partial charge is 0.480 e. The number of carbonyl (C=O) groups is 1. The number of tetrazole rings is 1. The average Bonchev–Trinajstić information content (AvgIpc) is 2.86. The van der Waals surface area contributed by atoms with E-state index in [1.165, 1.54) is 22.8 Å². The number of nitrogens with zero attached hydrogens (tertiary/aromatic N) is 6. The van der Waals surface area contributed by atoms with Gasteiger partial charge < -0.3 is 5.11 Å². The van der Waals surface area contributed by atoms with Gasteiger partial charge in [0, 0.05) is 11.3 Å². The fourth-order valence-electron chi connectivity index (χ4n) is 2.16. The molecule has 3 rings (SSSR count). The molecular formula is C11H12N6O2S. The standard InChI is InChI=1S/C11H12N6O2S/c18-9(19)5-17-11(14-15-16-17)20-10-7-3-1-2-4-8(7)12-6-13-10/h6H,1-5H2,(H,18,19). The van der Waals surface area contributed by atoms with Crippen LogP contribution < -0.4 is 0 Å². The van der Waals surface area contributed by atoms with E-state index < -0.39 is 5.97 Å². The second kappa shape index (κ2) is 5.53. The van der Waals surface area contributed by atoms with Crippen molar-refractivity contribution in [2.75, 3.05) is 0 Å². The summed E-state index contributed by atoms with van der Waals surface area (Å²) in [5.41, 5.74) is 2.21. The molecule has 0 bridgehead atoms. The molecule has 0 fully saturated rings. The zero-order valence-corrected chi connectivity index (χ0v) is 11.4. The van der Waals surface area contributed by atoms with Gasteiger partial charge in [0.2, 0.25) is 5.16 Å². The van der Waals surface area contributed by atoms with Gasteiger partial charge in [0.05, 0.1) is 0 Å². The van der Waals surface area contributed by atoms with Crippen molar-refractivity contribution in [3.8, 4) is 0 Å². The lowest BCUT2D eigenvalue weighted by molar-refractivity contribution is -0.138. The van der Waals surface area contributed by atoms with Crippen LogP contribution in [0.3, 0.4) is 0 Å². The van der Waals surface area contributed by atoms with E-state index in [1.807, 2.05) is 0 Å². The molecule has 0 unspecified atom stereocenters. The third-order valence-electron chi connectivity index (χ3n) is 3.06. The number of aliphatic carboxylic acids is 1. The minimum absolute atomic E-state index is 0.261. The lowest BCUT2D eigenvalue weighted by Crippen LogP contribution is -2.12. The molecule has 1 aliphatic carbocycles. The predicted molar refractivity (Wildman–Crippen MR) is 68.2 cm³/mol. The number of aryl methyl sites for hydroxylation is 1. The normalized spacial score (nSPS) is 14.0. The Morgan fingerprint density at radius 1 is 1.35 bits per heavy atom. The van der Waals surface area contributed by atoms with Gasteiger partial charge in [0.25, 0.3) is 0 Å².